The van der Waals surface area contributed by atoms with Crippen molar-refractivity contribution in [2.45, 2.75) is 46.6 Å². The van der Waals surface area contributed by atoms with Crippen LogP contribution in [0.1, 0.15) is 19.3 Å². The fraction of sp³-hybridized carbons (Fsp3) is 0.571. The summed E-state index contributed by atoms with van der Waals surface area (Å²) in [4.78, 5) is 0.0230. The van der Waals surface area contributed by atoms with E-state index in [0.717, 1.165) is 19.3 Å². The summed E-state index contributed by atoms with van der Waals surface area (Å²) < 4.78 is 63.8. The van der Waals surface area contributed by atoms with Crippen LogP contribution in [0.3, 0.4) is 0 Å². The molecule has 2 heterocycles. The molecule has 24 heavy (non-hydrogen) atoms. The van der Waals surface area contributed by atoms with Crippen LogP contribution in [0.25, 0.3) is 0 Å². The molecule has 2 fully saturated rings. The number of halogens is 4. The first-order valence-corrected chi connectivity index (χ1v) is 9.62. The van der Waals surface area contributed by atoms with E-state index < -0.39 is 15.5 Å². The van der Waals surface area contributed by atoms with Crippen molar-refractivity contribution in [2.75, 3.05) is 13.1 Å². The lowest BCUT2D eigenvalue weighted by molar-refractivity contribution is -0.0328. The standard InChI is InChI=1S/C14H17F3N2O2S2.ClH/c15-14(16,17)22-12-3-5-13(6-4-12)23(20,21)19-8-7-10-1-2-11(9-19)18-10;/h3-6,10-11,18H,1-2,7-9H2;1H. The Morgan fingerprint density at radius 3 is 2.33 bits per heavy atom. The Bertz CT molecular complexity index is 668. The number of benzene rings is 1. The fourth-order valence-corrected chi connectivity index (χ4v) is 5.13. The van der Waals surface area contributed by atoms with Crippen molar-refractivity contribution in [1.82, 2.24) is 9.62 Å². The molecule has 0 aromatic heterocycles. The molecule has 2 atom stereocenters. The van der Waals surface area contributed by atoms with Gasteiger partial charge in [0.05, 0.1) is 4.90 Å². The van der Waals surface area contributed by atoms with E-state index in [-0.39, 0.29) is 40.0 Å². The fourth-order valence-electron chi connectivity index (χ4n) is 3.09. The summed E-state index contributed by atoms with van der Waals surface area (Å²) in [5, 5.41) is 3.41. The summed E-state index contributed by atoms with van der Waals surface area (Å²) in [6.45, 7) is 0.855. The summed E-state index contributed by atoms with van der Waals surface area (Å²) in [5.74, 6) is 0. The smallest absolute Gasteiger partial charge is 0.310 e. The van der Waals surface area contributed by atoms with Crippen LogP contribution in [0.4, 0.5) is 13.2 Å². The van der Waals surface area contributed by atoms with Gasteiger partial charge in [-0.25, -0.2) is 8.42 Å². The predicted octanol–water partition coefficient (Wildman–Crippen LogP) is 3.24. The van der Waals surface area contributed by atoms with E-state index in [1.54, 1.807) is 0 Å². The molecule has 0 spiro atoms. The van der Waals surface area contributed by atoms with Gasteiger partial charge in [0.15, 0.2) is 0 Å². The van der Waals surface area contributed by atoms with E-state index in [1.807, 2.05) is 0 Å². The molecule has 1 aromatic carbocycles. The molecule has 3 rings (SSSR count). The van der Waals surface area contributed by atoms with E-state index in [1.165, 1.54) is 28.6 Å². The van der Waals surface area contributed by atoms with Crippen LogP contribution in [0.5, 0.6) is 0 Å². The first-order valence-electron chi connectivity index (χ1n) is 7.36. The third kappa shape index (κ3) is 4.57. The minimum Gasteiger partial charge on any atom is -0.310 e. The van der Waals surface area contributed by atoms with Crippen molar-refractivity contribution < 1.29 is 21.6 Å². The number of hydrogen-bond acceptors (Lipinski definition) is 4. The number of thioether (sulfide) groups is 1. The van der Waals surface area contributed by atoms with Gasteiger partial charge in [-0.3, -0.25) is 0 Å². The number of nitrogens with zero attached hydrogens (tertiary/aromatic N) is 1. The van der Waals surface area contributed by atoms with Crippen LogP contribution < -0.4 is 5.32 Å². The highest BCUT2D eigenvalue weighted by molar-refractivity contribution is 8.00. The Morgan fingerprint density at radius 1 is 1.08 bits per heavy atom. The maximum absolute atomic E-state index is 12.7. The topological polar surface area (TPSA) is 49.4 Å². The van der Waals surface area contributed by atoms with Gasteiger partial charge in [0, 0.05) is 30.1 Å². The van der Waals surface area contributed by atoms with Gasteiger partial charge in [0.25, 0.3) is 0 Å². The van der Waals surface area contributed by atoms with Crippen LogP contribution in [0.15, 0.2) is 34.1 Å². The minimum atomic E-state index is -4.38. The number of hydrogen-bond donors (Lipinski definition) is 1. The summed E-state index contributed by atoms with van der Waals surface area (Å²) in [6, 6.07) is 5.43. The summed E-state index contributed by atoms with van der Waals surface area (Å²) >= 11 is -0.250. The van der Waals surface area contributed by atoms with Crippen LogP contribution in [-0.4, -0.2) is 43.4 Å². The summed E-state index contributed by atoms with van der Waals surface area (Å²) in [7, 11) is -3.67. The molecule has 2 saturated heterocycles. The van der Waals surface area contributed by atoms with E-state index >= 15 is 0 Å². The number of sulfonamides is 1. The van der Waals surface area contributed by atoms with Crippen molar-refractivity contribution in [3.63, 3.8) is 0 Å². The van der Waals surface area contributed by atoms with Crippen LogP contribution in [0, 0.1) is 0 Å². The third-order valence-electron chi connectivity index (χ3n) is 4.18. The lowest BCUT2D eigenvalue weighted by atomic mass is 10.1. The molecule has 2 bridgehead atoms. The van der Waals surface area contributed by atoms with Gasteiger partial charge in [-0.15, -0.1) is 12.4 Å². The summed E-state index contributed by atoms with van der Waals surface area (Å²) in [6.07, 6.45) is 2.79. The minimum absolute atomic E-state index is 0. The van der Waals surface area contributed by atoms with Gasteiger partial charge < -0.3 is 5.32 Å². The Hall–Kier alpha value is -0.480. The normalized spacial score (nSPS) is 25.1. The highest BCUT2D eigenvalue weighted by atomic mass is 35.5. The maximum atomic E-state index is 12.7. The molecule has 0 saturated carbocycles. The zero-order valence-electron chi connectivity index (χ0n) is 12.6. The van der Waals surface area contributed by atoms with Crippen molar-refractivity contribution in [2.24, 2.45) is 0 Å². The molecular weight excluding hydrogens is 385 g/mol. The van der Waals surface area contributed by atoms with Crippen molar-refractivity contribution in [3.8, 4) is 0 Å². The zero-order chi connectivity index (χ0) is 16.7. The monoisotopic (exact) mass is 402 g/mol. The van der Waals surface area contributed by atoms with Gasteiger partial charge in [0.1, 0.15) is 0 Å². The maximum Gasteiger partial charge on any atom is 0.446 e. The average Bonchev–Trinajstić information content (AvgIpc) is 2.76. The lowest BCUT2D eigenvalue weighted by Gasteiger charge is -2.23. The van der Waals surface area contributed by atoms with Crippen LogP contribution >= 0.6 is 24.2 Å². The molecule has 2 aliphatic rings. The highest BCUT2D eigenvalue weighted by Gasteiger charge is 2.35. The highest BCUT2D eigenvalue weighted by Crippen LogP contribution is 2.37. The van der Waals surface area contributed by atoms with Gasteiger partial charge in [-0.1, -0.05) is 0 Å². The number of rotatable bonds is 3. The zero-order valence-corrected chi connectivity index (χ0v) is 15.1. The Balaban J connectivity index is 0.00000208. The van der Waals surface area contributed by atoms with Crippen molar-refractivity contribution in [1.29, 1.82) is 0 Å². The van der Waals surface area contributed by atoms with E-state index in [2.05, 4.69) is 5.32 Å². The molecule has 0 aliphatic carbocycles. The quantitative estimate of drug-likeness (QED) is 0.788. The molecule has 2 aliphatic heterocycles. The Kier molecular flexibility index (Phi) is 6.12. The Labute approximate surface area is 149 Å². The molecule has 1 aromatic rings. The summed E-state index contributed by atoms with van der Waals surface area (Å²) in [5.41, 5.74) is -4.38. The SMILES string of the molecule is Cl.O=S(=O)(c1ccc(SC(F)(F)F)cc1)N1CCC2CCC(C1)N2. The van der Waals surface area contributed by atoms with E-state index in [4.69, 9.17) is 0 Å². The molecule has 10 heteroatoms. The second-order valence-electron chi connectivity index (χ2n) is 5.81. The number of alkyl halides is 3. The lowest BCUT2D eigenvalue weighted by Crippen LogP contribution is -2.39. The molecule has 1 N–H and O–H groups in total. The second-order valence-corrected chi connectivity index (χ2v) is 8.89. The van der Waals surface area contributed by atoms with Gasteiger partial charge in [-0.05, 0) is 55.3 Å². The molecule has 2 unspecified atom stereocenters. The van der Waals surface area contributed by atoms with Crippen LogP contribution in [0.2, 0.25) is 0 Å². The van der Waals surface area contributed by atoms with Crippen molar-refractivity contribution >= 4 is 34.2 Å². The molecule has 0 amide bonds. The van der Waals surface area contributed by atoms with Crippen molar-refractivity contribution in [3.05, 3.63) is 24.3 Å². The first-order chi connectivity index (χ1) is 10.7. The first kappa shape index (κ1) is 19.8. The number of fused-ring (bicyclic) bond motifs is 2. The second kappa shape index (κ2) is 7.41. The molecule has 136 valence electrons. The Morgan fingerprint density at radius 2 is 1.71 bits per heavy atom. The number of nitrogens with one attached hydrogen (secondary N) is 1. The predicted molar refractivity (Wildman–Crippen MR) is 88.9 cm³/mol. The largest absolute Gasteiger partial charge is 0.446 e. The van der Waals surface area contributed by atoms with Gasteiger partial charge >= 0.3 is 5.51 Å². The molecule has 4 nitrogen and oxygen atoms in total. The van der Waals surface area contributed by atoms with E-state index in [9.17, 15) is 21.6 Å². The molecular formula is C14H18ClF3N2O2S2. The molecule has 0 radical (unpaired) electrons. The average molecular weight is 403 g/mol. The van der Waals surface area contributed by atoms with Gasteiger partial charge in [-0.2, -0.15) is 17.5 Å². The third-order valence-corrected chi connectivity index (χ3v) is 6.80. The van der Waals surface area contributed by atoms with Gasteiger partial charge in [0.2, 0.25) is 10.0 Å². The van der Waals surface area contributed by atoms with Crippen LogP contribution in [-0.2, 0) is 10.0 Å². The van der Waals surface area contributed by atoms with E-state index in [0.29, 0.717) is 19.1 Å².